The molecule has 0 atom stereocenters. The van der Waals surface area contributed by atoms with Crippen molar-refractivity contribution in [1.29, 1.82) is 0 Å². The standard InChI is InChI=1S/C21H42N4O2/c1-3-22-21(23-13-18-27-20-9-6-4-5-7-10-20)24-19-11-15-25(16-12-19)14-8-17-26-2/h19-20H,3-18H2,1-2H3,(H2,22,23,24). The molecular formula is C21H42N4O2. The van der Waals surface area contributed by atoms with Gasteiger partial charge in [0.15, 0.2) is 5.96 Å². The lowest BCUT2D eigenvalue weighted by molar-refractivity contribution is 0.0487. The first kappa shape index (κ1) is 22.4. The van der Waals surface area contributed by atoms with Gasteiger partial charge in [0, 0.05) is 45.9 Å². The van der Waals surface area contributed by atoms with E-state index in [4.69, 9.17) is 14.5 Å². The van der Waals surface area contributed by atoms with Crippen LogP contribution in [-0.2, 0) is 9.47 Å². The van der Waals surface area contributed by atoms with E-state index in [9.17, 15) is 0 Å². The molecule has 2 fully saturated rings. The average Bonchev–Trinajstić information content (AvgIpc) is 2.96. The van der Waals surface area contributed by atoms with Gasteiger partial charge < -0.3 is 25.0 Å². The lowest BCUT2D eigenvalue weighted by atomic mass is 10.1. The smallest absolute Gasteiger partial charge is 0.191 e. The molecule has 0 unspecified atom stereocenters. The molecule has 6 nitrogen and oxygen atoms in total. The Morgan fingerprint density at radius 3 is 2.44 bits per heavy atom. The summed E-state index contributed by atoms with van der Waals surface area (Å²) < 4.78 is 11.2. The van der Waals surface area contributed by atoms with E-state index in [1.54, 1.807) is 7.11 Å². The van der Waals surface area contributed by atoms with E-state index in [0.29, 0.717) is 12.1 Å². The fourth-order valence-electron chi connectivity index (χ4n) is 4.03. The highest BCUT2D eigenvalue weighted by atomic mass is 16.5. The Hall–Kier alpha value is -0.850. The van der Waals surface area contributed by atoms with Crippen molar-refractivity contribution < 1.29 is 9.47 Å². The Labute approximate surface area is 166 Å². The Kier molecular flexibility index (Phi) is 11.8. The third-order valence-corrected chi connectivity index (χ3v) is 5.61. The first-order valence-corrected chi connectivity index (χ1v) is 11.2. The van der Waals surface area contributed by atoms with Crippen molar-refractivity contribution in [3.05, 3.63) is 0 Å². The van der Waals surface area contributed by atoms with Gasteiger partial charge in [0.05, 0.1) is 19.3 Å². The van der Waals surface area contributed by atoms with Crippen molar-refractivity contribution in [1.82, 2.24) is 15.5 Å². The number of methoxy groups -OCH3 is 1. The predicted molar refractivity (Wildman–Crippen MR) is 113 cm³/mol. The summed E-state index contributed by atoms with van der Waals surface area (Å²) in [6.07, 6.45) is 11.8. The summed E-state index contributed by atoms with van der Waals surface area (Å²) in [6, 6.07) is 0.518. The van der Waals surface area contributed by atoms with Crippen LogP contribution in [0.5, 0.6) is 0 Å². The summed E-state index contributed by atoms with van der Waals surface area (Å²) in [4.78, 5) is 7.28. The Morgan fingerprint density at radius 1 is 1.04 bits per heavy atom. The molecule has 0 radical (unpaired) electrons. The van der Waals surface area contributed by atoms with Gasteiger partial charge in [-0.05, 0) is 39.0 Å². The van der Waals surface area contributed by atoms with Crippen molar-refractivity contribution in [2.24, 2.45) is 4.99 Å². The van der Waals surface area contributed by atoms with E-state index >= 15 is 0 Å². The summed E-state index contributed by atoms with van der Waals surface area (Å²) in [5, 5.41) is 7.01. The van der Waals surface area contributed by atoms with Crippen molar-refractivity contribution >= 4 is 5.96 Å². The number of guanidine groups is 1. The molecule has 1 aliphatic carbocycles. The predicted octanol–water partition coefficient (Wildman–Crippen LogP) is 2.78. The number of aliphatic imine (C=N–C) groups is 1. The molecular weight excluding hydrogens is 340 g/mol. The van der Waals surface area contributed by atoms with Crippen LogP contribution in [0.2, 0.25) is 0 Å². The van der Waals surface area contributed by atoms with Crippen molar-refractivity contribution in [2.75, 3.05) is 53.0 Å². The van der Waals surface area contributed by atoms with Crippen LogP contribution < -0.4 is 10.6 Å². The van der Waals surface area contributed by atoms with E-state index in [-0.39, 0.29) is 0 Å². The van der Waals surface area contributed by atoms with Gasteiger partial charge in [0.1, 0.15) is 0 Å². The maximum Gasteiger partial charge on any atom is 0.191 e. The van der Waals surface area contributed by atoms with E-state index in [1.165, 1.54) is 51.4 Å². The minimum atomic E-state index is 0.459. The highest BCUT2D eigenvalue weighted by molar-refractivity contribution is 5.80. The van der Waals surface area contributed by atoms with Crippen LogP contribution in [-0.4, -0.2) is 76.1 Å². The molecule has 0 aromatic carbocycles. The zero-order chi connectivity index (χ0) is 19.2. The van der Waals surface area contributed by atoms with Crippen LogP contribution in [0.15, 0.2) is 4.99 Å². The van der Waals surface area contributed by atoms with Crippen LogP contribution in [0, 0.1) is 0 Å². The number of ether oxygens (including phenoxy) is 2. The van der Waals surface area contributed by atoms with E-state index in [1.807, 2.05) is 0 Å². The van der Waals surface area contributed by atoms with E-state index < -0.39 is 0 Å². The molecule has 0 aromatic rings. The zero-order valence-corrected chi connectivity index (χ0v) is 17.7. The summed E-state index contributed by atoms with van der Waals surface area (Å²) in [5.74, 6) is 0.944. The third kappa shape index (κ3) is 9.77. The number of nitrogens with zero attached hydrogens (tertiary/aromatic N) is 2. The molecule has 1 aliphatic heterocycles. The molecule has 6 heteroatoms. The van der Waals surface area contributed by atoms with Crippen LogP contribution in [0.25, 0.3) is 0 Å². The molecule has 158 valence electrons. The quantitative estimate of drug-likeness (QED) is 0.263. The van der Waals surface area contributed by atoms with Gasteiger partial charge in [-0.25, -0.2) is 0 Å². The molecule has 1 saturated carbocycles. The number of hydrogen-bond acceptors (Lipinski definition) is 4. The molecule has 1 saturated heterocycles. The second kappa shape index (κ2) is 14.2. The first-order chi connectivity index (χ1) is 13.3. The van der Waals surface area contributed by atoms with Gasteiger partial charge in [0.25, 0.3) is 0 Å². The van der Waals surface area contributed by atoms with Crippen LogP contribution in [0.4, 0.5) is 0 Å². The van der Waals surface area contributed by atoms with Gasteiger partial charge in [0.2, 0.25) is 0 Å². The van der Waals surface area contributed by atoms with Gasteiger partial charge in [-0.15, -0.1) is 0 Å². The second-order valence-electron chi connectivity index (χ2n) is 7.85. The van der Waals surface area contributed by atoms with Crippen molar-refractivity contribution in [3.63, 3.8) is 0 Å². The molecule has 0 bridgehead atoms. The summed E-state index contributed by atoms with van der Waals surface area (Å²) in [7, 11) is 1.78. The highest BCUT2D eigenvalue weighted by Gasteiger charge is 2.19. The molecule has 27 heavy (non-hydrogen) atoms. The molecule has 0 amide bonds. The Morgan fingerprint density at radius 2 is 1.78 bits per heavy atom. The second-order valence-corrected chi connectivity index (χ2v) is 7.85. The normalized spacial score (nSPS) is 21.2. The Bertz CT molecular complexity index is 390. The number of rotatable bonds is 10. The molecule has 2 N–H and O–H groups in total. The summed E-state index contributed by atoms with van der Waals surface area (Å²) in [6.45, 7) is 8.81. The zero-order valence-electron chi connectivity index (χ0n) is 17.7. The fraction of sp³-hybridized carbons (Fsp3) is 0.952. The first-order valence-electron chi connectivity index (χ1n) is 11.2. The summed E-state index contributed by atoms with van der Waals surface area (Å²) in [5.41, 5.74) is 0. The molecule has 0 aromatic heterocycles. The third-order valence-electron chi connectivity index (χ3n) is 5.61. The molecule has 2 rings (SSSR count). The van der Waals surface area contributed by atoms with E-state index in [0.717, 1.165) is 58.3 Å². The minimum absolute atomic E-state index is 0.459. The SMILES string of the molecule is CCNC(=NCCOC1CCCCCC1)NC1CCN(CCCOC)CC1. The lowest BCUT2D eigenvalue weighted by Crippen LogP contribution is -2.49. The topological polar surface area (TPSA) is 58.1 Å². The largest absolute Gasteiger partial charge is 0.385 e. The van der Waals surface area contributed by atoms with Crippen LogP contribution >= 0.6 is 0 Å². The number of hydrogen-bond donors (Lipinski definition) is 2. The van der Waals surface area contributed by atoms with Gasteiger partial charge in [-0.1, -0.05) is 25.7 Å². The van der Waals surface area contributed by atoms with Crippen LogP contribution in [0.1, 0.15) is 64.7 Å². The van der Waals surface area contributed by atoms with Gasteiger partial charge in [-0.2, -0.15) is 0 Å². The highest BCUT2D eigenvalue weighted by Crippen LogP contribution is 2.19. The summed E-state index contributed by atoms with van der Waals surface area (Å²) >= 11 is 0. The monoisotopic (exact) mass is 382 g/mol. The maximum absolute atomic E-state index is 6.06. The molecule has 0 spiro atoms. The van der Waals surface area contributed by atoms with Gasteiger partial charge in [-0.3, -0.25) is 4.99 Å². The van der Waals surface area contributed by atoms with Crippen molar-refractivity contribution in [2.45, 2.75) is 76.9 Å². The maximum atomic E-state index is 6.06. The molecule has 2 aliphatic rings. The average molecular weight is 383 g/mol. The Balaban J connectivity index is 1.64. The molecule has 1 heterocycles. The fourth-order valence-corrected chi connectivity index (χ4v) is 4.03. The van der Waals surface area contributed by atoms with E-state index in [2.05, 4.69) is 22.5 Å². The number of piperidine rings is 1. The number of nitrogens with one attached hydrogen (secondary N) is 2. The minimum Gasteiger partial charge on any atom is -0.385 e. The number of likely N-dealkylation sites (tertiary alicyclic amines) is 1. The lowest BCUT2D eigenvalue weighted by Gasteiger charge is -2.33. The van der Waals surface area contributed by atoms with Crippen LogP contribution in [0.3, 0.4) is 0 Å². The van der Waals surface area contributed by atoms with Crippen molar-refractivity contribution in [3.8, 4) is 0 Å². The van der Waals surface area contributed by atoms with Gasteiger partial charge >= 0.3 is 0 Å².